The number of rotatable bonds is 21. The summed E-state index contributed by atoms with van der Waals surface area (Å²) in [7, 11) is 140. The first-order chi connectivity index (χ1) is 28.9. The van der Waals surface area contributed by atoms with E-state index >= 15 is 0 Å². The van der Waals surface area contributed by atoms with E-state index in [0.717, 1.165) is 22.0 Å². The Balaban J connectivity index is 0.000000436. The van der Waals surface area contributed by atoms with Gasteiger partial charge >= 0.3 is 0 Å². The van der Waals surface area contributed by atoms with Gasteiger partial charge in [-0.15, -0.1) is 0 Å². The summed E-state index contributed by atoms with van der Waals surface area (Å²) in [5.74, 6) is 1.63. The third-order valence-electron chi connectivity index (χ3n) is 13.4. The fraction of sp³-hybridized carbons (Fsp3) is 0.353. The van der Waals surface area contributed by atoms with Crippen molar-refractivity contribution in [3.05, 3.63) is 52.1 Å². The second-order valence-corrected chi connectivity index (χ2v) is 18.4. The van der Waals surface area contributed by atoms with E-state index in [1.165, 1.54) is 38.3 Å². The molecule has 0 N–H and O–H groups in total. The molecule has 2 bridgehead atoms. The minimum atomic E-state index is -1.24. The standard InChI is InChI=1S/C17H16BrN.B43/c18-14-6-8-17(19-10-14)13-5-7-15-11-1-3-12(4-2-11)16(15)9-13;1-23-34(22)40(35(24(2)3)25(4)5)43(41(36(26(6)7)27(8)9)37(28(10)11)29(12)13)42(38(30(14)15)31(16)17)39(32(18)19)33(20)21/h5-12H,1-4H2;. The summed E-state index contributed by atoms with van der Waals surface area (Å²) in [6, 6.07) is 11.1. The number of pyridine rings is 1. The minimum absolute atomic E-state index is 0.801. The van der Waals surface area contributed by atoms with Crippen LogP contribution in [0.4, 0.5) is 0 Å². The molecule has 1 fully saturated rings. The highest BCUT2D eigenvalue weighted by Gasteiger charge is 2.58. The largest absolute Gasteiger partial charge is 0.255 e. The molecule has 1 aromatic heterocycles. The lowest BCUT2D eigenvalue weighted by molar-refractivity contribution is 0.359. The van der Waals surface area contributed by atoms with Crippen molar-refractivity contribution in [2.75, 3.05) is 0 Å². The van der Waals surface area contributed by atoms with Crippen LogP contribution in [0, 0.1) is 0 Å². The zero-order valence-electron chi connectivity index (χ0n) is 35.6. The molecular formula is C17H16B43BrN. The number of nitrogens with zero attached hydrogens (tertiary/aromatic N) is 1. The van der Waals surface area contributed by atoms with Crippen molar-refractivity contribution in [2.24, 2.45) is 0 Å². The van der Waals surface area contributed by atoms with Gasteiger partial charge in [0.15, 0.2) is 0 Å². The van der Waals surface area contributed by atoms with Gasteiger partial charge in [0.05, 0.1) is 5.69 Å². The molecule has 0 atom stereocenters. The van der Waals surface area contributed by atoms with E-state index in [4.69, 9.17) is 170 Å². The first-order valence-electron chi connectivity index (χ1n) is 21.1. The smallest absolute Gasteiger partial charge is 0.0702 e. The highest BCUT2D eigenvalue weighted by atomic mass is 79.9. The molecule has 3 aliphatic rings. The Morgan fingerprint density at radius 1 is 0.419 bits per heavy atom. The molecule has 45 radical (unpaired) electrons. The van der Waals surface area contributed by atoms with Gasteiger partial charge in [-0.25, -0.2) is 0 Å². The quantitative estimate of drug-likeness (QED) is 0.115. The third kappa shape index (κ3) is 14.6. The second kappa shape index (κ2) is 26.6. The van der Waals surface area contributed by atoms with Crippen LogP contribution in [-0.2, 0) is 0 Å². The van der Waals surface area contributed by atoms with Gasteiger partial charge in [-0.2, -0.15) is 0 Å². The van der Waals surface area contributed by atoms with Crippen LogP contribution >= 0.6 is 15.9 Å². The number of hydrogen-bond acceptors (Lipinski definition) is 1. The molecule has 2 aromatic rings. The zero-order valence-corrected chi connectivity index (χ0v) is 37.2. The molecule has 0 unspecified atom stereocenters. The lowest BCUT2D eigenvalue weighted by Crippen LogP contribution is -2.93. The molecule has 0 spiro atoms. The van der Waals surface area contributed by atoms with E-state index < -0.39 is 128 Å². The molecule has 5 rings (SSSR count). The Labute approximate surface area is 423 Å². The van der Waals surface area contributed by atoms with Crippen LogP contribution in [0.2, 0.25) is 0 Å². The number of halogens is 1. The molecule has 1 aromatic carbocycles. The molecule has 0 aliphatic heterocycles. The lowest BCUT2D eigenvalue weighted by atomic mass is 8.26. The van der Waals surface area contributed by atoms with Crippen LogP contribution in [0.1, 0.15) is 48.6 Å². The monoisotopic (exact) mass is 786 g/mol. The number of benzene rings is 1. The van der Waals surface area contributed by atoms with Gasteiger partial charge in [0, 0.05) is 321 Å². The molecule has 225 valence electrons. The van der Waals surface area contributed by atoms with Crippen LogP contribution in [0.3, 0.4) is 0 Å². The summed E-state index contributed by atoms with van der Waals surface area (Å²) in [6.07, 6.45) is -15.7. The van der Waals surface area contributed by atoms with Crippen LogP contribution in [-0.4, -0.2) is 310 Å². The van der Waals surface area contributed by atoms with Gasteiger partial charge in [0.1, 0.15) is 0 Å². The number of fused-ring (bicyclic) bond motifs is 2. The summed E-state index contributed by atoms with van der Waals surface area (Å²) >= 11 is 3.44. The maximum absolute atomic E-state index is 6.68. The first-order valence-corrected chi connectivity index (χ1v) is 21.9. The minimum Gasteiger partial charge on any atom is -0.255 e. The molecule has 45 heteroatoms. The van der Waals surface area contributed by atoms with Gasteiger partial charge < -0.3 is 0 Å². The van der Waals surface area contributed by atoms with Crippen LogP contribution < -0.4 is 0 Å². The van der Waals surface area contributed by atoms with Crippen molar-refractivity contribution in [1.82, 2.24) is 4.98 Å². The molecular weight excluding hydrogens is 763 g/mol. The molecule has 0 amide bonds. The fourth-order valence-electron chi connectivity index (χ4n) is 10.8. The Morgan fingerprint density at radius 2 is 0.742 bits per heavy atom. The fourth-order valence-corrected chi connectivity index (χ4v) is 11.0. The van der Waals surface area contributed by atoms with E-state index in [0.29, 0.717) is 0 Å². The second-order valence-electron chi connectivity index (χ2n) is 17.5. The lowest BCUT2D eigenvalue weighted by Gasteiger charge is -2.55. The summed E-state index contributed by atoms with van der Waals surface area (Å²) in [5.41, 5.74) is 5.55. The molecule has 3 aliphatic carbocycles. The van der Waals surface area contributed by atoms with Crippen LogP contribution in [0.15, 0.2) is 41.0 Å². The van der Waals surface area contributed by atoms with Crippen molar-refractivity contribution in [2.45, 2.75) is 37.5 Å². The molecule has 0 saturated heterocycles. The number of hydrogen-bond donors (Lipinski definition) is 0. The van der Waals surface area contributed by atoms with Crippen LogP contribution in [0.25, 0.3) is 11.3 Å². The van der Waals surface area contributed by atoms with E-state index in [1.54, 1.807) is 11.1 Å². The average Bonchev–Trinajstić information content (AvgIpc) is 3.16. The Hall–Kier alpha value is 1.64. The van der Waals surface area contributed by atoms with E-state index in [1.807, 2.05) is 6.20 Å². The molecule has 1 heterocycles. The Kier molecular flexibility index (Phi) is 24.8. The van der Waals surface area contributed by atoms with Gasteiger partial charge in [-0.05, 0) is 82.8 Å². The van der Waals surface area contributed by atoms with Crippen molar-refractivity contribution < 1.29 is 0 Å². The summed E-state index contributed by atoms with van der Waals surface area (Å²) < 4.78 is 1.04. The summed E-state index contributed by atoms with van der Waals surface area (Å²) in [4.78, 5) is 4.51. The normalized spacial score (nSPS) is 14.1. The highest BCUT2D eigenvalue weighted by molar-refractivity contribution is 9.10. The van der Waals surface area contributed by atoms with Gasteiger partial charge in [-0.1, -0.05) is 12.1 Å². The van der Waals surface area contributed by atoms with Crippen molar-refractivity contribution in [3.8, 4) is 11.3 Å². The zero-order chi connectivity index (χ0) is 47.1. The van der Waals surface area contributed by atoms with Crippen molar-refractivity contribution in [3.63, 3.8) is 0 Å². The van der Waals surface area contributed by atoms with E-state index in [2.05, 4.69) is 51.2 Å². The predicted molar refractivity (Wildman–Crippen MR) is 329 cm³/mol. The van der Waals surface area contributed by atoms with Crippen molar-refractivity contribution in [1.29, 1.82) is 0 Å². The summed E-state index contributed by atoms with van der Waals surface area (Å²) in [6.45, 7) is 0. The van der Waals surface area contributed by atoms with Crippen LogP contribution in [0.5, 0.6) is 0 Å². The van der Waals surface area contributed by atoms with E-state index in [-0.39, 0.29) is 0 Å². The average molecular weight is 779 g/mol. The Morgan fingerprint density at radius 3 is 1.05 bits per heavy atom. The third-order valence-corrected chi connectivity index (χ3v) is 13.9. The predicted octanol–water partition coefficient (Wildman–Crippen LogP) is -11.1. The summed E-state index contributed by atoms with van der Waals surface area (Å²) in [5, 5.41) is 0. The maximum atomic E-state index is 6.68. The molecule has 1 nitrogen and oxygen atoms in total. The van der Waals surface area contributed by atoms with Gasteiger partial charge in [0.2, 0.25) is 0 Å². The van der Waals surface area contributed by atoms with E-state index in [9.17, 15) is 0 Å². The Bertz CT molecular complexity index is 1480. The maximum Gasteiger partial charge on any atom is 0.0702 e. The topological polar surface area (TPSA) is 12.9 Å². The number of aromatic nitrogens is 1. The SMILES string of the molecule is Brc1ccc(-c2ccc3c(c2)C2CCC3CC2)nc1.[B][B]B([B])B(B(B([B])[B])B([B])[B])B(B(B(B([B])[B])B([B])[B])B(B([B])[B])B([B])[B])B(B(B([B])[B])B([B])[B])B(B([B])[B])B([B])[B]. The molecule has 62 heavy (non-hydrogen) atoms. The molecule has 1 saturated carbocycles. The first kappa shape index (κ1) is 58.0. The van der Waals surface area contributed by atoms with Gasteiger partial charge in [-0.3, -0.25) is 4.98 Å². The van der Waals surface area contributed by atoms with Crippen molar-refractivity contribution >= 4 is 321 Å². The highest BCUT2D eigenvalue weighted by Crippen LogP contribution is 2.50. The van der Waals surface area contributed by atoms with Gasteiger partial charge in [0.25, 0.3) is 0 Å².